The highest BCUT2D eigenvalue weighted by atomic mass is 15.0. The van der Waals surface area contributed by atoms with Gasteiger partial charge >= 0.3 is 0 Å². The van der Waals surface area contributed by atoms with Crippen molar-refractivity contribution >= 4 is 27.2 Å². The van der Waals surface area contributed by atoms with Gasteiger partial charge in [-0.15, -0.1) is 0 Å². The van der Waals surface area contributed by atoms with Gasteiger partial charge in [0.2, 0.25) is 11.4 Å². The van der Waals surface area contributed by atoms with Crippen LogP contribution in [0.2, 0.25) is 0 Å². The summed E-state index contributed by atoms with van der Waals surface area (Å²) < 4.78 is 4.65. The summed E-state index contributed by atoms with van der Waals surface area (Å²) in [5, 5.41) is 5.15. The van der Waals surface area contributed by atoms with Crippen molar-refractivity contribution in [2.24, 2.45) is 7.05 Å². The van der Waals surface area contributed by atoms with Crippen molar-refractivity contribution in [2.45, 2.75) is 26.7 Å². The number of fused-ring (bicyclic) bond motifs is 6. The molecule has 2 aromatic heterocycles. The number of rotatable bonds is 3. The summed E-state index contributed by atoms with van der Waals surface area (Å²) in [5.41, 5.74) is 12.2. The molecule has 0 saturated heterocycles. The first kappa shape index (κ1) is 23.5. The molecule has 6 aromatic rings. The van der Waals surface area contributed by atoms with E-state index in [-0.39, 0.29) is 0 Å². The highest BCUT2D eigenvalue weighted by Crippen LogP contribution is 2.37. The SMILES string of the molecule is CC=C1Cc2c(Cc3cccc(-c4c5ccccc5cc[n+]4C)c3C)cccc2-c2c3ccccc3cc[n+]21. The van der Waals surface area contributed by atoms with Crippen molar-refractivity contribution in [1.29, 1.82) is 0 Å². The van der Waals surface area contributed by atoms with Crippen molar-refractivity contribution < 1.29 is 9.13 Å². The summed E-state index contributed by atoms with van der Waals surface area (Å²) in [6.07, 6.45) is 8.54. The topological polar surface area (TPSA) is 7.76 Å². The summed E-state index contributed by atoms with van der Waals surface area (Å²) in [6, 6.07) is 35.6. The molecule has 1 aliphatic heterocycles. The molecular formula is C37H32N2+2. The lowest BCUT2D eigenvalue weighted by atomic mass is 9.85. The van der Waals surface area contributed by atoms with Crippen LogP contribution >= 0.6 is 0 Å². The van der Waals surface area contributed by atoms with Crippen LogP contribution in [0, 0.1) is 6.92 Å². The molecule has 3 heterocycles. The molecule has 0 atom stereocenters. The number of hydrogen-bond acceptors (Lipinski definition) is 0. The van der Waals surface area contributed by atoms with Gasteiger partial charge in [0, 0.05) is 17.7 Å². The van der Waals surface area contributed by atoms with Crippen LogP contribution in [0.5, 0.6) is 0 Å². The summed E-state index contributed by atoms with van der Waals surface area (Å²) in [7, 11) is 2.15. The van der Waals surface area contributed by atoms with Crippen LogP contribution in [0.4, 0.5) is 0 Å². The molecule has 39 heavy (non-hydrogen) atoms. The Morgan fingerprint density at radius 2 is 1.31 bits per heavy atom. The first-order valence-corrected chi connectivity index (χ1v) is 13.8. The van der Waals surface area contributed by atoms with Crippen LogP contribution in [-0.2, 0) is 19.9 Å². The van der Waals surface area contributed by atoms with Gasteiger partial charge in [-0.2, -0.15) is 4.57 Å². The van der Waals surface area contributed by atoms with Gasteiger partial charge in [0.1, 0.15) is 7.05 Å². The van der Waals surface area contributed by atoms with E-state index < -0.39 is 0 Å². The van der Waals surface area contributed by atoms with Gasteiger partial charge in [-0.25, -0.2) is 4.57 Å². The Labute approximate surface area is 230 Å². The first-order chi connectivity index (χ1) is 19.1. The molecular weight excluding hydrogens is 472 g/mol. The highest BCUT2D eigenvalue weighted by Gasteiger charge is 2.30. The van der Waals surface area contributed by atoms with Gasteiger partial charge in [0.05, 0.1) is 22.8 Å². The number of aromatic nitrogens is 2. The standard InChI is InChI=1S/C37H32N2/c1-4-30-24-35-29(14-10-18-34(35)37-33-16-8-6-12-27(33)20-22-39(30)37)23-28-13-9-17-31(25(28)2)36-32-15-7-5-11-26(32)19-21-38(36)3/h4-22H,23-24H2,1-3H3/q+2. The van der Waals surface area contributed by atoms with E-state index in [0.29, 0.717) is 0 Å². The molecule has 4 aromatic carbocycles. The van der Waals surface area contributed by atoms with Crippen LogP contribution in [0.15, 0.2) is 116 Å². The van der Waals surface area contributed by atoms with Gasteiger partial charge in [-0.05, 0) is 83.6 Å². The second-order valence-electron chi connectivity index (χ2n) is 10.7. The molecule has 0 bridgehead atoms. The molecule has 1 aliphatic rings. The highest BCUT2D eigenvalue weighted by molar-refractivity contribution is 5.95. The Kier molecular flexibility index (Phi) is 5.63. The molecule has 0 radical (unpaired) electrons. The Hall–Kier alpha value is -4.56. The van der Waals surface area contributed by atoms with Gasteiger partial charge in [0.25, 0.3) is 0 Å². The normalized spacial score (nSPS) is 13.6. The zero-order valence-electron chi connectivity index (χ0n) is 22.8. The monoisotopic (exact) mass is 504 g/mol. The Morgan fingerprint density at radius 3 is 2.05 bits per heavy atom. The van der Waals surface area contributed by atoms with E-state index >= 15 is 0 Å². The molecule has 0 N–H and O–H groups in total. The van der Waals surface area contributed by atoms with Crippen LogP contribution in [-0.4, -0.2) is 0 Å². The maximum absolute atomic E-state index is 2.39. The zero-order valence-corrected chi connectivity index (χ0v) is 22.8. The molecule has 188 valence electrons. The van der Waals surface area contributed by atoms with Crippen molar-refractivity contribution in [2.75, 3.05) is 0 Å². The van der Waals surface area contributed by atoms with E-state index in [1.807, 2.05) is 0 Å². The lowest BCUT2D eigenvalue weighted by Crippen LogP contribution is -2.39. The van der Waals surface area contributed by atoms with Crippen LogP contribution in [0.3, 0.4) is 0 Å². The van der Waals surface area contributed by atoms with E-state index in [1.165, 1.54) is 72.0 Å². The number of hydrogen-bond donors (Lipinski definition) is 0. The number of benzene rings is 4. The molecule has 7 rings (SSSR count). The van der Waals surface area contributed by atoms with Crippen LogP contribution in [0.1, 0.15) is 29.2 Å². The number of allylic oxidation sites excluding steroid dienone is 2. The van der Waals surface area contributed by atoms with Crippen molar-refractivity contribution in [1.82, 2.24) is 0 Å². The summed E-state index contributed by atoms with van der Waals surface area (Å²) in [4.78, 5) is 0. The smallest absolute Gasteiger partial charge is 0.200 e. The second kappa shape index (κ2) is 9.32. The van der Waals surface area contributed by atoms with Crippen molar-refractivity contribution in [3.05, 3.63) is 138 Å². The molecule has 0 spiro atoms. The van der Waals surface area contributed by atoms with Gasteiger partial charge < -0.3 is 0 Å². The number of aryl methyl sites for hydroxylation is 1. The summed E-state index contributed by atoms with van der Waals surface area (Å²) in [6.45, 7) is 4.45. The third kappa shape index (κ3) is 3.79. The minimum absolute atomic E-state index is 0.916. The van der Waals surface area contributed by atoms with Crippen LogP contribution in [0.25, 0.3) is 49.8 Å². The van der Waals surface area contributed by atoms with Crippen LogP contribution < -0.4 is 9.13 Å². The molecule has 0 saturated carbocycles. The number of nitrogens with zero attached hydrogens (tertiary/aromatic N) is 2. The zero-order chi connectivity index (χ0) is 26.5. The van der Waals surface area contributed by atoms with E-state index in [4.69, 9.17) is 0 Å². The maximum atomic E-state index is 2.39. The summed E-state index contributed by atoms with van der Waals surface area (Å²) >= 11 is 0. The quantitative estimate of drug-likeness (QED) is 0.218. The number of pyridine rings is 2. The van der Waals surface area contributed by atoms with E-state index in [9.17, 15) is 0 Å². The largest absolute Gasteiger partial charge is 0.226 e. The molecule has 2 nitrogen and oxygen atoms in total. The van der Waals surface area contributed by atoms with Gasteiger partial charge in [-0.3, -0.25) is 0 Å². The van der Waals surface area contributed by atoms with E-state index in [2.05, 4.69) is 146 Å². The lowest BCUT2D eigenvalue weighted by Gasteiger charge is -2.21. The van der Waals surface area contributed by atoms with Gasteiger partial charge in [0.15, 0.2) is 18.1 Å². The molecule has 0 amide bonds. The van der Waals surface area contributed by atoms with E-state index in [0.717, 1.165) is 12.8 Å². The first-order valence-electron chi connectivity index (χ1n) is 13.8. The third-order valence-corrected chi connectivity index (χ3v) is 8.52. The lowest BCUT2D eigenvalue weighted by molar-refractivity contribution is -0.659. The minimum Gasteiger partial charge on any atom is -0.200 e. The molecule has 0 fully saturated rings. The molecule has 0 unspecified atom stereocenters. The predicted octanol–water partition coefficient (Wildman–Crippen LogP) is 7.76. The fourth-order valence-electron chi connectivity index (χ4n) is 6.46. The predicted molar refractivity (Wildman–Crippen MR) is 161 cm³/mol. The van der Waals surface area contributed by atoms with E-state index in [1.54, 1.807) is 0 Å². The maximum Gasteiger partial charge on any atom is 0.226 e. The fraction of sp³-hybridized carbons (Fsp3) is 0.135. The molecule has 2 heteroatoms. The minimum atomic E-state index is 0.916. The summed E-state index contributed by atoms with van der Waals surface area (Å²) in [5.74, 6) is 0. The Balaban J connectivity index is 1.38. The Morgan fingerprint density at radius 1 is 0.667 bits per heavy atom. The Bertz CT molecular complexity index is 1940. The van der Waals surface area contributed by atoms with Crippen molar-refractivity contribution in [3.63, 3.8) is 0 Å². The average Bonchev–Trinajstić information content (AvgIpc) is 2.98. The van der Waals surface area contributed by atoms with Crippen molar-refractivity contribution in [3.8, 4) is 22.5 Å². The molecule has 0 aliphatic carbocycles. The third-order valence-electron chi connectivity index (χ3n) is 8.52. The van der Waals surface area contributed by atoms with Gasteiger partial charge in [-0.1, -0.05) is 60.7 Å². The fourth-order valence-corrected chi connectivity index (χ4v) is 6.46. The second-order valence-corrected chi connectivity index (χ2v) is 10.7. The average molecular weight is 505 g/mol.